The molecule has 9 rings (SSSR count). The molecule has 2 heterocycles. The number of fused-ring (bicyclic) bond motifs is 5. The number of anilines is 2. The highest BCUT2D eigenvalue weighted by Gasteiger charge is 2.47. The summed E-state index contributed by atoms with van der Waals surface area (Å²) in [6.07, 6.45) is 0. The lowest BCUT2D eigenvalue weighted by atomic mass is 9.66. The van der Waals surface area contributed by atoms with Gasteiger partial charge in [-0.3, -0.25) is 0 Å². The molecule has 6 aromatic rings. The van der Waals surface area contributed by atoms with Crippen LogP contribution in [-0.4, -0.2) is 13.5 Å². The highest BCUT2D eigenvalue weighted by atomic mass is 32.1. The molecule has 0 saturated carbocycles. The zero-order valence-electron chi connectivity index (χ0n) is 27.5. The van der Waals surface area contributed by atoms with E-state index in [1.807, 2.05) is 24.3 Å². The van der Waals surface area contributed by atoms with Gasteiger partial charge < -0.3 is 19.3 Å². The van der Waals surface area contributed by atoms with E-state index >= 15 is 0 Å². The van der Waals surface area contributed by atoms with Gasteiger partial charge in [-0.1, -0.05) is 84.9 Å². The Morgan fingerprint density at radius 2 is 0.939 bits per heavy atom. The predicted molar refractivity (Wildman–Crippen MR) is 204 cm³/mol. The summed E-state index contributed by atoms with van der Waals surface area (Å²) in [5.41, 5.74) is 13.8. The molecule has 0 N–H and O–H groups in total. The first-order valence-electron chi connectivity index (χ1n) is 16.7. The lowest BCUT2D eigenvalue weighted by molar-refractivity contribution is 0.286. The van der Waals surface area contributed by atoms with Crippen molar-refractivity contribution in [1.82, 2.24) is 0 Å². The van der Waals surface area contributed by atoms with Crippen molar-refractivity contribution >= 4 is 36.6 Å². The molecular formula is C43H36N2O2S2. The molecule has 0 fully saturated rings. The first-order chi connectivity index (χ1) is 23.9. The van der Waals surface area contributed by atoms with Crippen molar-refractivity contribution in [2.75, 3.05) is 23.3 Å². The van der Waals surface area contributed by atoms with Crippen LogP contribution in [0.3, 0.4) is 0 Å². The molecule has 2 aliphatic heterocycles. The second-order valence-electron chi connectivity index (χ2n) is 13.3. The van der Waals surface area contributed by atoms with Crippen LogP contribution in [0, 0.1) is 13.8 Å². The van der Waals surface area contributed by atoms with Gasteiger partial charge in [0.15, 0.2) is 13.5 Å². The molecule has 0 atom stereocenters. The number of para-hydroxylation sites is 2. The fraction of sp³-hybridized carbons (Fsp3) is 0.163. The number of thiol groups is 2. The maximum absolute atomic E-state index is 6.49. The Balaban J connectivity index is 1.26. The largest absolute Gasteiger partial charge is 0.472 e. The summed E-state index contributed by atoms with van der Waals surface area (Å²) in [5, 5.41) is 0. The van der Waals surface area contributed by atoms with Crippen LogP contribution in [0.5, 0.6) is 11.5 Å². The Morgan fingerprint density at radius 3 is 1.39 bits per heavy atom. The molecule has 0 bridgehead atoms. The number of ether oxygens (including phenoxy) is 2. The average Bonchev–Trinajstić information content (AvgIpc) is 3.43. The molecule has 0 aromatic heterocycles. The summed E-state index contributed by atoms with van der Waals surface area (Å²) in [4.78, 5) is 6.43. The topological polar surface area (TPSA) is 24.9 Å². The number of hydrogen-bond acceptors (Lipinski definition) is 6. The fourth-order valence-corrected chi connectivity index (χ4v) is 8.96. The van der Waals surface area contributed by atoms with Gasteiger partial charge in [-0.2, -0.15) is 0 Å². The minimum atomic E-state index is -0.555. The summed E-state index contributed by atoms with van der Waals surface area (Å²) < 4.78 is 13.0. The van der Waals surface area contributed by atoms with E-state index in [0.717, 1.165) is 56.9 Å². The van der Waals surface area contributed by atoms with Gasteiger partial charge >= 0.3 is 0 Å². The van der Waals surface area contributed by atoms with Gasteiger partial charge in [0, 0.05) is 34.0 Å². The van der Waals surface area contributed by atoms with E-state index in [2.05, 4.69) is 121 Å². The van der Waals surface area contributed by atoms with Gasteiger partial charge in [-0.05, 0) is 94.8 Å². The van der Waals surface area contributed by atoms with Crippen LogP contribution in [0.1, 0.15) is 44.5 Å². The highest BCUT2D eigenvalue weighted by molar-refractivity contribution is 7.80. The van der Waals surface area contributed by atoms with Crippen LogP contribution < -0.4 is 19.3 Å². The van der Waals surface area contributed by atoms with Gasteiger partial charge in [-0.15, -0.1) is 25.3 Å². The van der Waals surface area contributed by atoms with Crippen molar-refractivity contribution in [3.63, 3.8) is 0 Å². The third-order valence-corrected chi connectivity index (χ3v) is 11.2. The third-order valence-electron chi connectivity index (χ3n) is 10.4. The molecule has 0 unspecified atom stereocenters. The minimum Gasteiger partial charge on any atom is -0.472 e. The average molecular weight is 677 g/mol. The molecular weight excluding hydrogens is 641 g/mol. The molecule has 4 nitrogen and oxygen atoms in total. The SMILES string of the molecule is Cc1cc(C2(c3cc(C)c4c(c3)CN(c3ccccc3S)CO4)c3ccccc3-c3ccccc32)cc2c1OCN(c1ccccc1S)C2. The second-order valence-corrected chi connectivity index (χ2v) is 14.3. The van der Waals surface area contributed by atoms with Crippen LogP contribution >= 0.6 is 25.3 Å². The van der Waals surface area contributed by atoms with Crippen molar-refractivity contribution in [3.8, 4) is 22.6 Å². The first-order valence-corrected chi connectivity index (χ1v) is 17.6. The number of nitrogens with zero attached hydrogens (tertiary/aromatic N) is 2. The molecule has 1 aliphatic carbocycles. The summed E-state index contributed by atoms with van der Waals surface area (Å²) in [5.74, 6) is 1.95. The highest BCUT2D eigenvalue weighted by Crippen LogP contribution is 2.57. The third kappa shape index (κ3) is 4.68. The number of aryl methyl sites for hydroxylation is 2. The first kappa shape index (κ1) is 30.3. The van der Waals surface area contributed by atoms with Crippen LogP contribution in [0.2, 0.25) is 0 Å². The Bertz CT molecular complexity index is 2120. The molecule has 0 saturated heterocycles. The van der Waals surface area contributed by atoms with Crippen molar-refractivity contribution in [2.45, 2.75) is 42.1 Å². The Hall–Kier alpha value is -4.78. The smallest absolute Gasteiger partial charge is 0.161 e. The van der Waals surface area contributed by atoms with Gasteiger partial charge in [0.25, 0.3) is 0 Å². The summed E-state index contributed by atoms with van der Waals surface area (Å²) >= 11 is 9.57. The van der Waals surface area contributed by atoms with Gasteiger partial charge in [-0.25, -0.2) is 0 Å². The van der Waals surface area contributed by atoms with Crippen molar-refractivity contribution < 1.29 is 9.47 Å². The van der Waals surface area contributed by atoms with Crippen LogP contribution in [0.25, 0.3) is 11.1 Å². The van der Waals surface area contributed by atoms with E-state index < -0.39 is 5.41 Å². The van der Waals surface area contributed by atoms with Gasteiger partial charge in [0.2, 0.25) is 0 Å². The number of rotatable bonds is 4. The maximum Gasteiger partial charge on any atom is 0.161 e. The minimum absolute atomic E-state index is 0.484. The zero-order valence-corrected chi connectivity index (χ0v) is 29.3. The van der Waals surface area contributed by atoms with E-state index in [4.69, 9.17) is 34.7 Å². The quantitative estimate of drug-likeness (QED) is 0.181. The van der Waals surface area contributed by atoms with E-state index in [1.54, 1.807) is 0 Å². The lowest BCUT2D eigenvalue weighted by Gasteiger charge is -2.38. The van der Waals surface area contributed by atoms with Crippen LogP contribution in [0.4, 0.5) is 11.4 Å². The number of hydrogen-bond donors (Lipinski definition) is 2. The van der Waals surface area contributed by atoms with E-state index in [0.29, 0.717) is 13.5 Å². The monoisotopic (exact) mass is 676 g/mol. The molecule has 49 heavy (non-hydrogen) atoms. The van der Waals surface area contributed by atoms with E-state index in [1.165, 1.54) is 44.5 Å². The van der Waals surface area contributed by atoms with Crippen molar-refractivity contribution in [2.24, 2.45) is 0 Å². The molecule has 242 valence electrons. The van der Waals surface area contributed by atoms with Gasteiger partial charge in [0.05, 0.1) is 16.8 Å². The second kappa shape index (κ2) is 11.7. The van der Waals surface area contributed by atoms with E-state index in [9.17, 15) is 0 Å². The molecule has 0 radical (unpaired) electrons. The summed E-state index contributed by atoms with van der Waals surface area (Å²) in [6.45, 7) is 6.80. The van der Waals surface area contributed by atoms with Crippen molar-refractivity contribution in [3.05, 3.63) is 166 Å². The molecule has 0 spiro atoms. The Morgan fingerprint density at radius 1 is 0.531 bits per heavy atom. The zero-order chi connectivity index (χ0) is 33.3. The van der Waals surface area contributed by atoms with Crippen molar-refractivity contribution in [1.29, 1.82) is 0 Å². The fourth-order valence-electron chi connectivity index (χ4n) is 8.36. The molecule has 6 aromatic carbocycles. The van der Waals surface area contributed by atoms with E-state index in [-0.39, 0.29) is 0 Å². The normalized spacial score (nSPS) is 15.4. The predicted octanol–water partition coefficient (Wildman–Crippen LogP) is 9.96. The molecule has 6 heteroatoms. The van der Waals surface area contributed by atoms with Crippen LogP contribution in [-0.2, 0) is 18.5 Å². The number of benzene rings is 6. The standard InChI is InChI=1S/C43H36N2O2S2/c1-27-19-31(21-29-23-44(25-46-41(27)29)37-15-7-9-17-39(37)48)43(35-13-5-3-11-33(35)34-12-4-6-14-36(34)43)32-20-28(2)42-30(22-32)24-45(26-47-42)38-16-8-10-18-40(38)49/h3-22,48-49H,23-26H2,1-2H3. The van der Waals surface area contributed by atoms with Crippen LogP contribution in [0.15, 0.2) is 131 Å². The molecule has 3 aliphatic rings. The Labute approximate surface area is 298 Å². The summed E-state index contributed by atoms with van der Waals surface area (Å²) in [7, 11) is 0. The maximum atomic E-state index is 6.49. The Kier molecular flexibility index (Phi) is 7.22. The summed E-state index contributed by atoms with van der Waals surface area (Å²) in [6, 6.07) is 43.8. The molecule has 0 amide bonds. The lowest BCUT2D eigenvalue weighted by Crippen LogP contribution is -2.35. The van der Waals surface area contributed by atoms with Gasteiger partial charge in [0.1, 0.15) is 11.5 Å².